The van der Waals surface area contributed by atoms with Crippen LogP contribution in [-0.4, -0.2) is 56.0 Å². The van der Waals surface area contributed by atoms with Crippen LogP contribution in [0.1, 0.15) is 19.8 Å². The summed E-state index contributed by atoms with van der Waals surface area (Å²) in [5.41, 5.74) is 0. The lowest BCUT2D eigenvalue weighted by Crippen LogP contribution is -2.54. The Morgan fingerprint density at radius 3 is 2.88 bits per heavy atom. The second-order valence-corrected chi connectivity index (χ2v) is 3.96. The number of Topliss-reactive ketones (excluding diaryl/α,β-unsaturated/α-hetero) is 1. The van der Waals surface area contributed by atoms with Crippen LogP contribution < -0.4 is 5.32 Å². The highest BCUT2D eigenvalue weighted by Crippen LogP contribution is 2.07. The van der Waals surface area contributed by atoms with Crippen molar-refractivity contribution < 1.29 is 14.3 Å². The van der Waals surface area contributed by atoms with Crippen LogP contribution in [0.4, 0.5) is 0 Å². The maximum atomic E-state index is 11.6. The largest absolute Gasteiger partial charge is 0.378 e. The second-order valence-electron chi connectivity index (χ2n) is 3.96. The van der Waals surface area contributed by atoms with E-state index in [0.29, 0.717) is 32.7 Å². The Balaban J connectivity index is 2.53. The molecule has 1 rings (SSSR count). The van der Waals surface area contributed by atoms with Crippen LogP contribution >= 0.6 is 0 Å². The van der Waals surface area contributed by atoms with Gasteiger partial charge in [-0.25, -0.2) is 0 Å². The van der Waals surface area contributed by atoms with Crippen molar-refractivity contribution in [3.05, 3.63) is 0 Å². The van der Waals surface area contributed by atoms with Crippen LogP contribution in [0.5, 0.6) is 0 Å². The predicted molar refractivity (Wildman–Crippen MR) is 60.2 cm³/mol. The molecule has 1 amide bonds. The molecule has 5 nitrogen and oxygen atoms in total. The van der Waals surface area contributed by atoms with Crippen LogP contribution in [-0.2, 0) is 14.3 Å². The van der Waals surface area contributed by atoms with Crippen LogP contribution in [0.2, 0.25) is 0 Å². The fourth-order valence-corrected chi connectivity index (χ4v) is 1.82. The Bertz CT molecular complexity index is 256. The summed E-state index contributed by atoms with van der Waals surface area (Å²) in [6.07, 6.45) is 1.44. The van der Waals surface area contributed by atoms with Crippen molar-refractivity contribution in [3.8, 4) is 0 Å². The summed E-state index contributed by atoms with van der Waals surface area (Å²) in [5, 5.41) is 2.60. The summed E-state index contributed by atoms with van der Waals surface area (Å²) in [6.45, 7) is 3.95. The number of morpholine rings is 1. The van der Waals surface area contributed by atoms with Gasteiger partial charge in [0.05, 0.1) is 19.8 Å². The van der Waals surface area contributed by atoms with Gasteiger partial charge < -0.3 is 10.1 Å². The molecule has 0 aromatic heterocycles. The van der Waals surface area contributed by atoms with Crippen molar-refractivity contribution >= 4 is 11.7 Å². The zero-order valence-corrected chi connectivity index (χ0v) is 9.99. The second kappa shape index (κ2) is 6.60. The minimum atomic E-state index is -0.320. The summed E-state index contributed by atoms with van der Waals surface area (Å²) in [4.78, 5) is 25.0. The molecule has 1 fully saturated rings. The molecule has 16 heavy (non-hydrogen) atoms. The van der Waals surface area contributed by atoms with Crippen molar-refractivity contribution in [3.63, 3.8) is 0 Å². The molecule has 0 radical (unpaired) electrons. The standard InChI is InChI=1S/C11H20N2O3/c1-3-4-9(14)7-13-5-6-16-8-10(13)11(15)12-2/h10H,3-8H2,1-2H3,(H,12,15). The number of ketones is 1. The van der Waals surface area contributed by atoms with Crippen LogP contribution in [0.15, 0.2) is 0 Å². The number of amides is 1. The molecule has 0 aromatic rings. The molecule has 1 saturated heterocycles. The first kappa shape index (κ1) is 13.1. The highest BCUT2D eigenvalue weighted by atomic mass is 16.5. The molecule has 0 saturated carbocycles. The Morgan fingerprint density at radius 1 is 1.50 bits per heavy atom. The van der Waals surface area contributed by atoms with Crippen LogP contribution in [0.25, 0.3) is 0 Å². The fraction of sp³-hybridized carbons (Fsp3) is 0.818. The average Bonchev–Trinajstić information content (AvgIpc) is 2.29. The molecule has 1 aliphatic heterocycles. The lowest BCUT2D eigenvalue weighted by molar-refractivity contribution is -0.134. The third-order valence-corrected chi connectivity index (χ3v) is 2.70. The van der Waals surface area contributed by atoms with Crippen molar-refractivity contribution in [2.45, 2.75) is 25.8 Å². The summed E-state index contributed by atoms with van der Waals surface area (Å²) >= 11 is 0. The van der Waals surface area contributed by atoms with Gasteiger partial charge in [-0.2, -0.15) is 0 Å². The van der Waals surface area contributed by atoms with Crippen LogP contribution in [0.3, 0.4) is 0 Å². The molecule has 0 bridgehead atoms. The maximum absolute atomic E-state index is 11.6. The molecule has 1 unspecified atom stereocenters. The molecule has 5 heteroatoms. The first-order valence-corrected chi connectivity index (χ1v) is 5.74. The molecule has 1 aliphatic rings. The summed E-state index contributed by atoms with van der Waals surface area (Å²) < 4.78 is 5.26. The minimum Gasteiger partial charge on any atom is -0.378 e. The van der Waals surface area contributed by atoms with Gasteiger partial charge in [0.25, 0.3) is 0 Å². The zero-order valence-electron chi connectivity index (χ0n) is 9.99. The molecule has 1 N–H and O–H groups in total. The van der Waals surface area contributed by atoms with E-state index < -0.39 is 0 Å². The number of likely N-dealkylation sites (N-methyl/N-ethyl adjacent to an activating group) is 1. The monoisotopic (exact) mass is 228 g/mol. The van der Waals surface area contributed by atoms with E-state index in [0.717, 1.165) is 6.42 Å². The first-order valence-electron chi connectivity index (χ1n) is 5.74. The minimum absolute atomic E-state index is 0.0796. The quantitative estimate of drug-likeness (QED) is 0.708. The fourth-order valence-electron chi connectivity index (χ4n) is 1.82. The van der Waals surface area contributed by atoms with Crippen molar-refractivity contribution in [2.75, 3.05) is 33.4 Å². The van der Waals surface area contributed by atoms with Gasteiger partial charge in [0.1, 0.15) is 11.8 Å². The molecule has 0 spiro atoms. The van der Waals surface area contributed by atoms with Crippen molar-refractivity contribution in [1.29, 1.82) is 0 Å². The van der Waals surface area contributed by atoms with Crippen molar-refractivity contribution in [1.82, 2.24) is 10.2 Å². The van der Waals surface area contributed by atoms with E-state index in [1.165, 1.54) is 0 Å². The topological polar surface area (TPSA) is 58.6 Å². The van der Waals surface area contributed by atoms with E-state index in [4.69, 9.17) is 4.74 Å². The Kier molecular flexibility index (Phi) is 5.42. The molecule has 0 aromatic carbocycles. The highest BCUT2D eigenvalue weighted by molar-refractivity contribution is 5.84. The summed E-state index contributed by atoms with van der Waals surface area (Å²) in [7, 11) is 1.60. The Labute approximate surface area is 96.1 Å². The number of rotatable bonds is 5. The Morgan fingerprint density at radius 2 is 2.25 bits per heavy atom. The van der Waals surface area contributed by atoms with E-state index >= 15 is 0 Å². The zero-order chi connectivity index (χ0) is 12.0. The number of carbonyl (C=O) groups is 2. The van der Waals surface area contributed by atoms with E-state index in [1.807, 2.05) is 11.8 Å². The predicted octanol–water partition coefficient (Wildman–Crippen LogP) is -0.198. The van der Waals surface area contributed by atoms with Crippen LogP contribution in [0, 0.1) is 0 Å². The van der Waals surface area contributed by atoms with Gasteiger partial charge >= 0.3 is 0 Å². The smallest absolute Gasteiger partial charge is 0.239 e. The third kappa shape index (κ3) is 3.57. The van der Waals surface area contributed by atoms with Crippen molar-refractivity contribution in [2.24, 2.45) is 0 Å². The number of nitrogens with zero attached hydrogens (tertiary/aromatic N) is 1. The van der Waals surface area contributed by atoms with E-state index in [1.54, 1.807) is 7.05 Å². The van der Waals surface area contributed by atoms with Gasteiger partial charge in [-0.1, -0.05) is 6.92 Å². The van der Waals surface area contributed by atoms with Gasteiger partial charge in [-0.15, -0.1) is 0 Å². The third-order valence-electron chi connectivity index (χ3n) is 2.70. The molecule has 92 valence electrons. The Hall–Kier alpha value is -0.940. The van der Waals surface area contributed by atoms with Gasteiger partial charge in [-0.3, -0.25) is 14.5 Å². The van der Waals surface area contributed by atoms with Gasteiger partial charge in [0.15, 0.2) is 0 Å². The number of ether oxygens (including phenoxy) is 1. The van der Waals surface area contributed by atoms with E-state index in [9.17, 15) is 9.59 Å². The molecule has 1 atom stereocenters. The molecular weight excluding hydrogens is 208 g/mol. The molecular formula is C11H20N2O3. The van der Waals surface area contributed by atoms with E-state index in [-0.39, 0.29) is 17.7 Å². The lowest BCUT2D eigenvalue weighted by atomic mass is 10.1. The lowest BCUT2D eigenvalue weighted by Gasteiger charge is -2.33. The highest BCUT2D eigenvalue weighted by Gasteiger charge is 2.29. The van der Waals surface area contributed by atoms with Gasteiger partial charge in [-0.05, 0) is 6.42 Å². The number of hydrogen-bond donors (Lipinski definition) is 1. The maximum Gasteiger partial charge on any atom is 0.239 e. The first-order chi connectivity index (χ1) is 7.69. The summed E-state index contributed by atoms with van der Waals surface area (Å²) in [6, 6.07) is -0.320. The number of nitrogens with one attached hydrogen (secondary N) is 1. The van der Waals surface area contributed by atoms with Gasteiger partial charge in [0, 0.05) is 20.0 Å². The summed E-state index contributed by atoms with van der Waals surface area (Å²) in [5.74, 6) is 0.113. The number of carbonyl (C=O) groups excluding carboxylic acids is 2. The normalized spacial score (nSPS) is 21.8. The SMILES string of the molecule is CCCC(=O)CN1CCOCC1C(=O)NC. The molecule has 0 aliphatic carbocycles. The van der Waals surface area contributed by atoms with Gasteiger partial charge in [0.2, 0.25) is 5.91 Å². The average molecular weight is 228 g/mol. The number of hydrogen-bond acceptors (Lipinski definition) is 4. The van der Waals surface area contributed by atoms with E-state index in [2.05, 4.69) is 5.32 Å². The molecule has 1 heterocycles.